The van der Waals surface area contributed by atoms with Gasteiger partial charge in [0.25, 0.3) is 10.2 Å². The fourth-order valence-electron chi connectivity index (χ4n) is 2.63. The Morgan fingerprint density at radius 2 is 2.00 bits per heavy atom. The zero-order chi connectivity index (χ0) is 18.2. The third kappa shape index (κ3) is 5.19. The number of imidazole rings is 1. The summed E-state index contributed by atoms with van der Waals surface area (Å²) in [6.07, 6.45) is 3.83. The summed E-state index contributed by atoms with van der Waals surface area (Å²) in [7, 11) is -3.77. The van der Waals surface area contributed by atoms with Crippen molar-refractivity contribution in [2.75, 3.05) is 6.54 Å². The Kier molecular flexibility index (Phi) is 6.76. The standard InChI is InChI=1S/C14H20N6O4S.Y/c1-9-12-13(17-7-16-9)20(8-18-12)6-11-10(23-14(2,3)24-11)4-5-19-25(15,21)22;/h4,6-8,10-11,19H,5H2,1-3H3,(H2,15,21,22);/q-2;/t10-,11+;/m1./s1. The van der Waals surface area contributed by atoms with Crippen LogP contribution in [0.25, 0.3) is 11.2 Å². The van der Waals surface area contributed by atoms with Crippen molar-refractivity contribution in [3.05, 3.63) is 31.3 Å². The molecule has 0 bridgehead atoms. The van der Waals surface area contributed by atoms with Gasteiger partial charge in [0, 0.05) is 38.8 Å². The number of fused-ring (bicyclic) bond motifs is 1. The van der Waals surface area contributed by atoms with Crippen molar-refractivity contribution in [2.24, 2.45) is 5.14 Å². The number of nitrogens with one attached hydrogen (secondary N) is 1. The predicted octanol–water partition coefficient (Wildman–Crippen LogP) is -0.340. The number of hydrogen-bond acceptors (Lipinski definition) is 7. The Balaban J connectivity index is 0.00000243. The van der Waals surface area contributed by atoms with Crippen molar-refractivity contribution in [2.45, 2.75) is 38.8 Å². The molecule has 1 aliphatic rings. The summed E-state index contributed by atoms with van der Waals surface area (Å²) < 4.78 is 37.6. The second-order valence-corrected chi connectivity index (χ2v) is 7.50. The molecule has 0 aromatic carbocycles. The minimum atomic E-state index is -3.77. The molecule has 3 rings (SSSR count). The van der Waals surface area contributed by atoms with Gasteiger partial charge >= 0.3 is 0 Å². The van der Waals surface area contributed by atoms with Crippen LogP contribution in [0.15, 0.2) is 12.7 Å². The smallest absolute Gasteiger partial charge is 0.271 e. The third-order valence-electron chi connectivity index (χ3n) is 3.65. The van der Waals surface area contributed by atoms with Gasteiger partial charge < -0.3 is 19.0 Å². The molecule has 0 aliphatic carbocycles. The molecule has 10 nitrogen and oxygen atoms in total. The van der Waals surface area contributed by atoms with Crippen LogP contribution in [-0.2, 0) is 52.4 Å². The molecule has 26 heavy (non-hydrogen) atoms. The fraction of sp³-hybridized carbons (Fsp3) is 0.500. The van der Waals surface area contributed by atoms with E-state index < -0.39 is 28.2 Å². The summed E-state index contributed by atoms with van der Waals surface area (Å²) in [5.41, 5.74) is 2.14. The van der Waals surface area contributed by atoms with E-state index in [9.17, 15) is 8.42 Å². The zero-order valence-corrected chi connectivity index (χ0v) is 18.3. The first kappa shape index (κ1) is 21.6. The van der Waals surface area contributed by atoms with Gasteiger partial charge in [-0.25, -0.2) is 14.8 Å². The summed E-state index contributed by atoms with van der Waals surface area (Å²) >= 11 is 0. The van der Waals surface area contributed by atoms with Gasteiger partial charge in [-0.15, -0.1) is 6.54 Å². The number of ether oxygens (including phenoxy) is 2. The number of nitrogens with two attached hydrogens (primary N) is 1. The van der Waals surface area contributed by atoms with Crippen LogP contribution in [-0.4, -0.2) is 52.5 Å². The van der Waals surface area contributed by atoms with Crippen molar-refractivity contribution in [1.29, 1.82) is 0 Å². The molecule has 0 amide bonds. The molecule has 0 unspecified atom stereocenters. The predicted molar refractivity (Wildman–Crippen MR) is 89.0 cm³/mol. The molecule has 3 N–H and O–H groups in total. The first-order valence-electron chi connectivity index (χ1n) is 7.60. The maximum atomic E-state index is 11.0. The van der Waals surface area contributed by atoms with Crippen LogP contribution in [0.2, 0.25) is 0 Å². The minimum Gasteiger partial charge on any atom is -0.451 e. The molecular formula is C14H20N6O4SY-2. The quantitative estimate of drug-likeness (QED) is 0.567. The van der Waals surface area contributed by atoms with Gasteiger partial charge in [0.15, 0.2) is 5.79 Å². The Morgan fingerprint density at radius 3 is 2.69 bits per heavy atom. The van der Waals surface area contributed by atoms with Crippen molar-refractivity contribution >= 4 is 21.4 Å². The third-order valence-corrected chi connectivity index (χ3v) is 4.22. The van der Waals surface area contributed by atoms with Crippen LogP contribution in [0.5, 0.6) is 0 Å². The summed E-state index contributed by atoms with van der Waals surface area (Å²) in [6, 6.07) is 0. The van der Waals surface area contributed by atoms with E-state index >= 15 is 0 Å². The van der Waals surface area contributed by atoms with Crippen LogP contribution < -0.4 is 9.86 Å². The zero-order valence-electron chi connectivity index (χ0n) is 14.7. The van der Waals surface area contributed by atoms with Gasteiger partial charge in [-0.05, 0) is 33.2 Å². The Bertz CT molecular complexity index is 871. The Hall–Kier alpha value is -0.686. The maximum Gasteiger partial charge on any atom is 0.271 e. The molecule has 1 saturated heterocycles. The monoisotopic (exact) mass is 457 g/mol. The summed E-state index contributed by atoms with van der Waals surface area (Å²) in [5, 5.41) is 4.93. The molecule has 141 valence electrons. The molecule has 2 atom stereocenters. The number of hydrogen-bond donors (Lipinski definition) is 2. The second-order valence-electron chi connectivity index (χ2n) is 6.13. The number of aryl methyl sites for hydroxylation is 1. The van der Waals surface area contributed by atoms with Gasteiger partial charge in [-0.2, -0.15) is 8.42 Å². The van der Waals surface area contributed by atoms with Crippen LogP contribution in [0.4, 0.5) is 0 Å². The number of nitrogens with zero attached hydrogens (tertiary/aromatic N) is 4. The van der Waals surface area contributed by atoms with Crippen molar-refractivity contribution < 1.29 is 50.6 Å². The van der Waals surface area contributed by atoms with Gasteiger partial charge in [0.05, 0.1) is 16.9 Å². The van der Waals surface area contributed by atoms with Crippen LogP contribution in [0.1, 0.15) is 19.5 Å². The maximum absolute atomic E-state index is 11.0. The van der Waals surface area contributed by atoms with Crippen LogP contribution >= 0.6 is 0 Å². The van der Waals surface area contributed by atoms with E-state index in [0.717, 1.165) is 5.69 Å². The van der Waals surface area contributed by atoms with Gasteiger partial charge in [0.1, 0.15) is 6.33 Å². The molecule has 0 spiro atoms. The molecule has 1 radical (unpaired) electrons. The van der Waals surface area contributed by atoms with Crippen LogP contribution in [0.3, 0.4) is 0 Å². The summed E-state index contributed by atoms with van der Waals surface area (Å²) in [4.78, 5) is 12.7. The first-order chi connectivity index (χ1) is 11.6. The van der Waals surface area contributed by atoms with Crippen molar-refractivity contribution in [3.63, 3.8) is 0 Å². The van der Waals surface area contributed by atoms with E-state index in [0.29, 0.717) is 11.2 Å². The molecule has 1 fully saturated rings. The first-order valence-corrected chi connectivity index (χ1v) is 9.15. The molecule has 12 heteroatoms. The summed E-state index contributed by atoms with van der Waals surface area (Å²) in [6.45, 7) is 7.24. The second kappa shape index (κ2) is 8.13. The van der Waals surface area contributed by atoms with E-state index in [1.54, 1.807) is 37.7 Å². The Labute approximate surface area is 177 Å². The molecule has 2 aromatic rings. The number of aromatic nitrogens is 4. The Morgan fingerprint density at radius 1 is 1.31 bits per heavy atom. The van der Waals surface area contributed by atoms with E-state index in [1.807, 2.05) is 6.92 Å². The topological polar surface area (TPSA) is 134 Å². The largest absolute Gasteiger partial charge is 0.451 e. The fourth-order valence-corrected chi connectivity index (χ4v) is 2.96. The van der Waals surface area contributed by atoms with Gasteiger partial charge in [-0.1, -0.05) is 6.54 Å². The van der Waals surface area contributed by atoms with Crippen LogP contribution in [0, 0.1) is 19.9 Å². The van der Waals surface area contributed by atoms with Crippen molar-refractivity contribution in [3.8, 4) is 0 Å². The average Bonchev–Trinajstić information content (AvgIpc) is 3.00. The molecule has 2 aromatic heterocycles. The normalized spacial score (nSPS) is 22.3. The molecule has 3 heterocycles. The SMILES string of the molecule is Cc1ncnc2c1ncn2[CH-][C@@H]1OC(C)(C)O[C@@H]1[CH-]CNS(N)(=O)=O.[Y]. The van der Waals surface area contributed by atoms with Gasteiger partial charge in [0.2, 0.25) is 0 Å². The molecular weight excluding hydrogens is 437 g/mol. The van der Waals surface area contributed by atoms with Gasteiger partial charge in [-0.3, -0.25) is 11.4 Å². The average molecular weight is 457 g/mol. The molecule has 1 aliphatic heterocycles. The molecule has 0 saturated carbocycles. The van der Waals surface area contributed by atoms with E-state index in [-0.39, 0.29) is 39.3 Å². The van der Waals surface area contributed by atoms with E-state index in [1.165, 1.54) is 6.33 Å². The summed E-state index contributed by atoms with van der Waals surface area (Å²) in [5.74, 6) is -0.814. The van der Waals surface area contributed by atoms with Crippen molar-refractivity contribution in [1.82, 2.24) is 24.2 Å². The van der Waals surface area contributed by atoms with E-state index in [4.69, 9.17) is 14.6 Å². The van der Waals surface area contributed by atoms with E-state index in [2.05, 4.69) is 19.7 Å². The number of rotatable bonds is 6. The minimum absolute atomic E-state index is 0.